The van der Waals surface area contributed by atoms with Gasteiger partial charge in [-0.1, -0.05) is 12.1 Å². The van der Waals surface area contributed by atoms with Crippen LogP contribution in [0.15, 0.2) is 42.5 Å². The highest BCUT2D eigenvalue weighted by atomic mass is 16.2. The molecule has 0 radical (unpaired) electrons. The number of anilines is 1. The Bertz CT molecular complexity index is 638. The summed E-state index contributed by atoms with van der Waals surface area (Å²) >= 11 is 0. The van der Waals surface area contributed by atoms with Crippen LogP contribution in [0.1, 0.15) is 26.5 Å². The van der Waals surface area contributed by atoms with Gasteiger partial charge in [0, 0.05) is 16.9 Å². The third-order valence-corrected chi connectivity index (χ3v) is 2.53. The maximum absolute atomic E-state index is 12.0. The zero-order valence-corrected chi connectivity index (χ0v) is 10.4. The quantitative estimate of drug-likeness (QED) is 0.876. The molecule has 1 aromatic heterocycles. The second kappa shape index (κ2) is 5.30. The normalized spacial score (nSPS) is 9.95. The number of hydrogen-bond donors (Lipinski definition) is 2. The predicted molar refractivity (Wildman–Crippen MR) is 71.9 cm³/mol. The molecule has 19 heavy (non-hydrogen) atoms. The number of amides is 2. The van der Waals surface area contributed by atoms with E-state index in [2.05, 4.69) is 10.3 Å². The van der Waals surface area contributed by atoms with Crippen LogP contribution in [-0.4, -0.2) is 16.8 Å². The van der Waals surface area contributed by atoms with Gasteiger partial charge in [0.05, 0.1) is 0 Å². The molecule has 1 heterocycles. The monoisotopic (exact) mass is 255 g/mol. The van der Waals surface area contributed by atoms with E-state index in [0.29, 0.717) is 16.9 Å². The van der Waals surface area contributed by atoms with Crippen molar-refractivity contribution in [2.45, 2.75) is 6.92 Å². The molecule has 0 fully saturated rings. The highest BCUT2D eigenvalue weighted by Gasteiger charge is 2.08. The van der Waals surface area contributed by atoms with Crippen LogP contribution in [0.4, 0.5) is 5.69 Å². The minimum atomic E-state index is -0.537. The van der Waals surface area contributed by atoms with Crippen molar-refractivity contribution in [2.24, 2.45) is 5.73 Å². The molecule has 96 valence electrons. The van der Waals surface area contributed by atoms with E-state index in [1.165, 1.54) is 6.07 Å². The van der Waals surface area contributed by atoms with Crippen LogP contribution in [-0.2, 0) is 0 Å². The lowest BCUT2D eigenvalue weighted by molar-refractivity contribution is 0.0995. The molecule has 0 saturated carbocycles. The number of pyridine rings is 1. The second-order valence-corrected chi connectivity index (χ2v) is 4.06. The summed E-state index contributed by atoms with van der Waals surface area (Å²) in [5.41, 5.74) is 7.11. The zero-order valence-electron chi connectivity index (χ0n) is 10.4. The molecule has 2 amide bonds. The first-order chi connectivity index (χ1) is 9.06. The summed E-state index contributed by atoms with van der Waals surface area (Å²) in [5, 5.41) is 2.67. The van der Waals surface area contributed by atoms with E-state index in [-0.39, 0.29) is 5.91 Å². The number of nitrogens with one attached hydrogen (secondary N) is 1. The van der Waals surface area contributed by atoms with Crippen molar-refractivity contribution in [1.29, 1.82) is 0 Å². The molecule has 3 N–H and O–H groups in total. The van der Waals surface area contributed by atoms with Crippen LogP contribution in [0.5, 0.6) is 0 Å². The Balaban J connectivity index is 2.19. The van der Waals surface area contributed by atoms with Crippen molar-refractivity contribution in [2.75, 3.05) is 5.32 Å². The van der Waals surface area contributed by atoms with Gasteiger partial charge in [0.15, 0.2) is 0 Å². The highest BCUT2D eigenvalue weighted by Crippen LogP contribution is 2.11. The number of aromatic nitrogens is 1. The first kappa shape index (κ1) is 12.8. The van der Waals surface area contributed by atoms with Gasteiger partial charge >= 0.3 is 0 Å². The molecule has 0 aliphatic carbocycles. The molecule has 5 nitrogen and oxygen atoms in total. The van der Waals surface area contributed by atoms with E-state index in [1.54, 1.807) is 30.3 Å². The van der Waals surface area contributed by atoms with Crippen molar-refractivity contribution in [1.82, 2.24) is 4.98 Å². The average Bonchev–Trinajstić information content (AvgIpc) is 2.39. The lowest BCUT2D eigenvalue weighted by atomic mass is 10.2. The lowest BCUT2D eigenvalue weighted by Crippen LogP contribution is -2.15. The van der Waals surface area contributed by atoms with E-state index in [1.807, 2.05) is 13.0 Å². The number of nitrogens with two attached hydrogens (primary N) is 1. The van der Waals surface area contributed by atoms with Gasteiger partial charge in [-0.2, -0.15) is 0 Å². The van der Waals surface area contributed by atoms with Gasteiger partial charge in [0.1, 0.15) is 5.69 Å². The summed E-state index contributed by atoms with van der Waals surface area (Å²) in [6.45, 7) is 1.81. The van der Waals surface area contributed by atoms with Crippen molar-refractivity contribution in [3.63, 3.8) is 0 Å². The van der Waals surface area contributed by atoms with Gasteiger partial charge in [0.2, 0.25) is 5.91 Å². The van der Waals surface area contributed by atoms with E-state index in [9.17, 15) is 9.59 Å². The summed E-state index contributed by atoms with van der Waals surface area (Å²) in [6.07, 6.45) is 0. The molecule has 2 aromatic rings. The Morgan fingerprint density at radius 1 is 1.16 bits per heavy atom. The van der Waals surface area contributed by atoms with Gasteiger partial charge in [-0.25, -0.2) is 4.98 Å². The van der Waals surface area contributed by atoms with E-state index >= 15 is 0 Å². The molecule has 1 aromatic carbocycles. The fraction of sp³-hybridized carbons (Fsp3) is 0.0714. The molecule has 0 unspecified atom stereocenters. The van der Waals surface area contributed by atoms with E-state index in [4.69, 9.17) is 5.73 Å². The first-order valence-electron chi connectivity index (χ1n) is 5.71. The number of benzene rings is 1. The summed E-state index contributed by atoms with van der Waals surface area (Å²) < 4.78 is 0. The highest BCUT2D eigenvalue weighted by molar-refractivity contribution is 6.03. The molecule has 0 bridgehead atoms. The van der Waals surface area contributed by atoms with Crippen LogP contribution in [0.3, 0.4) is 0 Å². The number of nitrogens with zero attached hydrogens (tertiary/aromatic N) is 1. The Morgan fingerprint density at radius 2 is 1.89 bits per heavy atom. The molecule has 5 heteroatoms. The average molecular weight is 255 g/mol. The number of carbonyl (C=O) groups is 2. The lowest BCUT2D eigenvalue weighted by Gasteiger charge is -2.06. The molecule has 0 aliphatic heterocycles. The summed E-state index contributed by atoms with van der Waals surface area (Å²) in [4.78, 5) is 27.1. The van der Waals surface area contributed by atoms with Crippen LogP contribution >= 0.6 is 0 Å². The third-order valence-electron chi connectivity index (χ3n) is 2.53. The maximum Gasteiger partial charge on any atom is 0.274 e. The molecule has 0 saturated heterocycles. The minimum Gasteiger partial charge on any atom is -0.366 e. The standard InChI is InChI=1S/C14H13N3O2/c1-9-4-2-7-12(16-9)14(19)17-11-6-3-5-10(8-11)13(15)18/h2-8H,1H3,(H2,15,18)(H,17,19). The minimum absolute atomic E-state index is 0.324. The molecule has 0 aliphatic rings. The van der Waals surface area contributed by atoms with Crippen LogP contribution in [0, 0.1) is 6.92 Å². The Hall–Kier alpha value is -2.69. The summed E-state index contributed by atoms with van der Waals surface area (Å²) in [7, 11) is 0. The molecular weight excluding hydrogens is 242 g/mol. The molecule has 0 atom stereocenters. The van der Waals surface area contributed by atoms with Gasteiger partial charge in [-0.15, -0.1) is 0 Å². The van der Waals surface area contributed by atoms with Crippen molar-refractivity contribution >= 4 is 17.5 Å². The molecular formula is C14H13N3O2. The fourth-order valence-electron chi connectivity index (χ4n) is 1.61. The van der Waals surface area contributed by atoms with Gasteiger partial charge in [-0.3, -0.25) is 9.59 Å². The smallest absolute Gasteiger partial charge is 0.274 e. The van der Waals surface area contributed by atoms with Crippen LogP contribution in [0.2, 0.25) is 0 Å². The Kier molecular flexibility index (Phi) is 3.56. The van der Waals surface area contributed by atoms with Crippen LogP contribution < -0.4 is 11.1 Å². The molecule has 0 spiro atoms. The zero-order chi connectivity index (χ0) is 13.8. The largest absolute Gasteiger partial charge is 0.366 e. The number of primary amides is 1. The second-order valence-electron chi connectivity index (χ2n) is 4.06. The number of hydrogen-bond acceptors (Lipinski definition) is 3. The topological polar surface area (TPSA) is 85.1 Å². The Labute approximate surface area is 110 Å². The number of aryl methyl sites for hydroxylation is 1. The Morgan fingerprint density at radius 3 is 2.58 bits per heavy atom. The van der Waals surface area contributed by atoms with Gasteiger partial charge in [-0.05, 0) is 37.3 Å². The van der Waals surface area contributed by atoms with E-state index in [0.717, 1.165) is 5.69 Å². The SMILES string of the molecule is Cc1cccc(C(=O)Nc2cccc(C(N)=O)c2)n1. The summed E-state index contributed by atoms with van der Waals surface area (Å²) in [5.74, 6) is -0.866. The van der Waals surface area contributed by atoms with Crippen LogP contribution in [0.25, 0.3) is 0 Å². The molecule has 2 rings (SSSR count). The predicted octanol–water partition coefficient (Wildman–Crippen LogP) is 1.74. The maximum atomic E-state index is 12.0. The van der Waals surface area contributed by atoms with Crippen molar-refractivity contribution in [3.05, 3.63) is 59.4 Å². The first-order valence-corrected chi connectivity index (χ1v) is 5.71. The number of carbonyl (C=O) groups excluding carboxylic acids is 2. The fourth-order valence-corrected chi connectivity index (χ4v) is 1.61. The van der Waals surface area contributed by atoms with Gasteiger partial charge < -0.3 is 11.1 Å². The summed E-state index contributed by atoms with van der Waals surface area (Å²) in [6, 6.07) is 11.6. The third kappa shape index (κ3) is 3.16. The van der Waals surface area contributed by atoms with Gasteiger partial charge in [0.25, 0.3) is 5.91 Å². The van der Waals surface area contributed by atoms with E-state index < -0.39 is 5.91 Å². The van der Waals surface area contributed by atoms with Crippen molar-refractivity contribution < 1.29 is 9.59 Å². The number of rotatable bonds is 3. The van der Waals surface area contributed by atoms with Crippen molar-refractivity contribution in [3.8, 4) is 0 Å².